The van der Waals surface area contributed by atoms with E-state index in [0.717, 1.165) is 6.42 Å². The van der Waals surface area contributed by atoms with E-state index in [1.54, 1.807) is 18.3 Å². The molecule has 5 nitrogen and oxygen atoms in total. The third kappa shape index (κ3) is 2.95. The zero-order valence-corrected chi connectivity index (χ0v) is 11.2. The maximum Gasteiger partial charge on any atom is 0.244 e. The summed E-state index contributed by atoms with van der Waals surface area (Å²) in [7, 11) is -1.50. The Labute approximate surface area is 108 Å². The van der Waals surface area contributed by atoms with Crippen LogP contribution >= 0.6 is 12.4 Å². The van der Waals surface area contributed by atoms with Crippen LogP contribution in [0, 0.1) is 0 Å². The first kappa shape index (κ1) is 14.4. The third-order valence-electron chi connectivity index (χ3n) is 2.83. The topological polar surface area (TPSA) is 62.3 Å². The molecular formula is C10H16ClN3O2S. The molecule has 0 aliphatic carbocycles. The Hall–Kier alpha value is -0.690. The van der Waals surface area contributed by atoms with Gasteiger partial charge in [-0.3, -0.25) is 4.98 Å². The molecule has 0 bridgehead atoms. The van der Waals surface area contributed by atoms with Gasteiger partial charge in [0.25, 0.3) is 0 Å². The monoisotopic (exact) mass is 277 g/mol. The number of halogens is 1. The number of rotatable bonds is 3. The first-order valence-corrected chi connectivity index (χ1v) is 6.66. The molecule has 96 valence electrons. The maximum absolute atomic E-state index is 12.2. The standard InChI is InChI=1S/C10H15N3O2S.ClH/c1-11-9-4-6-13(8-9)16(14,15)10-3-2-5-12-7-10;/h2-3,5,7,9,11H,4,6,8H2,1H3;1H. The fourth-order valence-corrected chi connectivity index (χ4v) is 3.30. The summed E-state index contributed by atoms with van der Waals surface area (Å²) in [6, 6.07) is 3.47. The largest absolute Gasteiger partial charge is 0.316 e. The van der Waals surface area contributed by atoms with Crippen molar-refractivity contribution in [1.82, 2.24) is 14.6 Å². The minimum atomic E-state index is -3.35. The van der Waals surface area contributed by atoms with E-state index < -0.39 is 10.0 Å². The van der Waals surface area contributed by atoms with E-state index in [4.69, 9.17) is 0 Å². The predicted octanol–water partition coefficient (Wildman–Crippen LogP) is 0.486. The Morgan fingerprint density at radius 3 is 2.82 bits per heavy atom. The Balaban J connectivity index is 0.00000144. The molecule has 1 aromatic rings. The molecule has 1 aliphatic rings. The van der Waals surface area contributed by atoms with E-state index in [9.17, 15) is 8.42 Å². The smallest absolute Gasteiger partial charge is 0.244 e. The van der Waals surface area contributed by atoms with Gasteiger partial charge in [-0.15, -0.1) is 12.4 Å². The lowest BCUT2D eigenvalue weighted by molar-refractivity contribution is 0.464. The van der Waals surface area contributed by atoms with Crippen LogP contribution < -0.4 is 5.32 Å². The summed E-state index contributed by atoms with van der Waals surface area (Å²) in [5.74, 6) is 0. The van der Waals surface area contributed by atoms with Crippen LogP contribution in [-0.2, 0) is 10.0 Å². The van der Waals surface area contributed by atoms with Gasteiger partial charge < -0.3 is 5.32 Å². The maximum atomic E-state index is 12.2. The second-order valence-electron chi connectivity index (χ2n) is 3.83. The molecule has 0 saturated carbocycles. The van der Waals surface area contributed by atoms with Gasteiger partial charge in [-0.1, -0.05) is 0 Å². The molecule has 0 amide bonds. The number of hydrogen-bond acceptors (Lipinski definition) is 4. The van der Waals surface area contributed by atoms with Crippen molar-refractivity contribution < 1.29 is 8.42 Å². The van der Waals surface area contributed by atoms with Gasteiger partial charge in [0.15, 0.2) is 0 Å². The Bertz CT molecular complexity index is 452. The third-order valence-corrected chi connectivity index (χ3v) is 4.68. The van der Waals surface area contributed by atoms with Crippen LogP contribution in [0.5, 0.6) is 0 Å². The zero-order chi connectivity index (χ0) is 11.6. The van der Waals surface area contributed by atoms with Crippen LogP contribution in [-0.4, -0.2) is 43.9 Å². The van der Waals surface area contributed by atoms with Crippen LogP contribution in [0.15, 0.2) is 29.4 Å². The molecule has 0 spiro atoms. The summed E-state index contributed by atoms with van der Waals surface area (Å²) in [6.45, 7) is 1.11. The van der Waals surface area contributed by atoms with Gasteiger partial charge in [-0.05, 0) is 25.6 Å². The van der Waals surface area contributed by atoms with Crippen LogP contribution in [0.3, 0.4) is 0 Å². The highest BCUT2D eigenvalue weighted by atomic mass is 35.5. The highest BCUT2D eigenvalue weighted by Gasteiger charge is 2.31. The molecule has 0 aromatic carbocycles. The van der Waals surface area contributed by atoms with Crippen LogP contribution in [0.25, 0.3) is 0 Å². The van der Waals surface area contributed by atoms with E-state index >= 15 is 0 Å². The van der Waals surface area contributed by atoms with E-state index in [0.29, 0.717) is 13.1 Å². The van der Waals surface area contributed by atoms with Crippen molar-refractivity contribution in [1.29, 1.82) is 0 Å². The lowest BCUT2D eigenvalue weighted by Gasteiger charge is -2.15. The molecule has 17 heavy (non-hydrogen) atoms. The van der Waals surface area contributed by atoms with Crippen molar-refractivity contribution in [3.05, 3.63) is 24.5 Å². The molecule has 1 aromatic heterocycles. The van der Waals surface area contributed by atoms with Gasteiger partial charge in [0.05, 0.1) is 0 Å². The Morgan fingerprint density at radius 2 is 2.29 bits per heavy atom. The van der Waals surface area contributed by atoms with Crippen LogP contribution in [0.1, 0.15) is 6.42 Å². The first-order chi connectivity index (χ1) is 7.64. The molecule has 2 heterocycles. The number of pyridine rings is 1. The molecule has 0 radical (unpaired) electrons. The number of hydrogen-bond donors (Lipinski definition) is 1. The van der Waals surface area contributed by atoms with Crippen molar-refractivity contribution in [2.24, 2.45) is 0 Å². The summed E-state index contributed by atoms with van der Waals surface area (Å²) in [5.41, 5.74) is 0. The minimum absolute atomic E-state index is 0. The van der Waals surface area contributed by atoms with E-state index in [1.807, 2.05) is 7.05 Å². The van der Waals surface area contributed by atoms with E-state index in [-0.39, 0.29) is 23.3 Å². The molecular weight excluding hydrogens is 262 g/mol. The van der Waals surface area contributed by atoms with Gasteiger partial charge >= 0.3 is 0 Å². The highest BCUT2D eigenvalue weighted by molar-refractivity contribution is 7.89. The summed E-state index contributed by atoms with van der Waals surface area (Å²) in [6.07, 6.45) is 3.82. The Morgan fingerprint density at radius 1 is 1.53 bits per heavy atom. The molecule has 1 unspecified atom stereocenters. The van der Waals surface area contributed by atoms with Crippen molar-refractivity contribution >= 4 is 22.4 Å². The second-order valence-corrected chi connectivity index (χ2v) is 5.76. The lowest BCUT2D eigenvalue weighted by Crippen LogP contribution is -2.33. The molecule has 1 aliphatic heterocycles. The van der Waals surface area contributed by atoms with Crippen molar-refractivity contribution in [3.63, 3.8) is 0 Å². The summed E-state index contributed by atoms with van der Waals surface area (Å²) in [5, 5.41) is 3.10. The molecule has 1 saturated heterocycles. The van der Waals surface area contributed by atoms with E-state index in [2.05, 4.69) is 10.3 Å². The Kier molecular flexibility index (Phi) is 4.88. The quantitative estimate of drug-likeness (QED) is 0.873. The van der Waals surface area contributed by atoms with Crippen LogP contribution in [0.2, 0.25) is 0 Å². The van der Waals surface area contributed by atoms with Crippen molar-refractivity contribution in [2.75, 3.05) is 20.1 Å². The van der Waals surface area contributed by atoms with Crippen molar-refractivity contribution in [2.45, 2.75) is 17.4 Å². The number of aromatic nitrogens is 1. The number of likely N-dealkylation sites (N-methyl/N-ethyl adjacent to an activating group) is 1. The van der Waals surface area contributed by atoms with Gasteiger partial charge in [0, 0.05) is 31.5 Å². The van der Waals surface area contributed by atoms with E-state index in [1.165, 1.54) is 10.5 Å². The molecule has 7 heteroatoms. The first-order valence-electron chi connectivity index (χ1n) is 5.22. The molecule has 1 N–H and O–H groups in total. The van der Waals surface area contributed by atoms with Crippen molar-refractivity contribution in [3.8, 4) is 0 Å². The fraction of sp³-hybridized carbons (Fsp3) is 0.500. The number of sulfonamides is 1. The molecule has 2 rings (SSSR count). The predicted molar refractivity (Wildman–Crippen MR) is 67.7 cm³/mol. The highest BCUT2D eigenvalue weighted by Crippen LogP contribution is 2.19. The number of nitrogens with zero attached hydrogens (tertiary/aromatic N) is 2. The average Bonchev–Trinajstić information content (AvgIpc) is 2.79. The van der Waals surface area contributed by atoms with Gasteiger partial charge in [0.1, 0.15) is 4.90 Å². The van der Waals surface area contributed by atoms with Gasteiger partial charge in [-0.2, -0.15) is 4.31 Å². The minimum Gasteiger partial charge on any atom is -0.316 e. The fourth-order valence-electron chi connectivity index (χ4n) is 1.83. The summed E-state index contributed by atoms with van der Waals surface area (Å²) < 4.78 is 25.8. The number of nitrogens with one attached hydrogen (secondary N) is 1. The van der Waals surface area contributed by atoms with Crippen LogP contribution in [0.4, 0.5) is 0 Å². The SMILES string of the molecule is CNC1CCN(S(=O)(=O)c2cccnc2)C1.Cl. The lowest BCUT2D eigenvalue weighted by atomic mass is 10.3. The average molecular weight is 278 g/mol. The molecule has 1 fully saturated rings. The van der Waals surface area contributed by atoms with Gasteiger partial charge in [0.2, 0.25) is 10.0 Å². The summed E-state index contributed by atoms with van der Waals surface area (Å²) >= 11 is 0. The summed E-state index contributed by atoms with van der Waals surface area (Å²) in [4.78, 5) is 4.11. The zero-order valence-electron chi connectivity index (χ0n) is 9.54. The van der Waals surface area contributed by atoms with Gasteiger partial charge in [-0.25, -0.2) is 8.42 Å². The second kappa shape index (κ2) is 5.77. The molecule has 1 atom stereocenters. The normalized spacial score (nSPS) is 21.1.